The Kier molecular flexibility index (Phi) is 7.46. The summed E-state index contributed by atoms with van der Waals surface area (Å²) in [6.07, 6.45) is -13.1. The van der Waals surface area contributed by atoms with Crippen LogP contribution in [0.15, 0.2) is 0 Å². The van der Waals surface area contributed by atoms with Crippen molar-refractivity contribution in [3.63, 3.8) is 0 Å². The summed E-state index contributed by atoms with van der Waals surface area (Å²) >= 11 is 0. The summed E-state index contributed by atoms with van der Waals surface area (Å²) in [6, 6.07) is 0. The fourth-order valence-corrected chi connectivity index (χ4v) is 2.85. The van der Waals surface area contributed by atoms with Crippen LogP contribution in [0, 0.1) is 0 Å². The average Bonchev–Trinajstić information content (AvgIpc) is 2.92. The van der Waals surface area contributed by atoms with Crippen molar-refractivity contribution in [1.82, 2.24) is 0 Å². The molecular weight excluding hydrogens is 374 g/mol. The van der Waals surface area contributed by atoms with Gasteiger partial charge < -0.3 is 60.4 Å². The highest BCUT2D eigenvalue weighted by atomic mass is 16.8. The maximum atomic E-state index is 11.1. The number of aliphatic hydroxyl groups excluding tert-OH is 7. The maximum Gasteiger partial charge on any atom is 0.319 e. The molecule has 13 heteroatoms. The molecule has 2 heterocycles. The molecule has 158 valence electrons. The summed E-state index contributed by atoms with van der Waals surface area (Å²) in [5.41, 5.74) is 5.09. The lowest BCUT2D eigenvalue weighted by Crippen LogP contribution is -2.63. The van der Waals surface area contributed by atoms with E-state index in [0.29, 0.717) is 0 Å². The first-order valence-corrected chi connectivity index (χ1v) is 8.19. The van der Waals surface area contributed by atoms with Crippen LogP contribution in [0.2, 0.25) is 0 Å². The molecule has 13 nitrogen and oxygen atoms in total. The van der Waals surface area contributed by atoms with E-state index in [1.807, 2.05) is 0 Å². The van der Waals surface area contributed by atoms with E-state index in [2.05, 4.69) is 0 Å². The summed E-state index contributed by atoms with van der Waals surface area (Å²) in [6.45, 7) is -2.66. The van der Waals surface area contributed by atoms with Crippen LogP contribution in [-0.2, 0) is 23.7 Å². The monoisotopic (exact) mass is 399 g/mol. The zero-order valence-corrected chi connectivity index (χ0v) is 14.2. The smallest absolute Gasteiger partial charge is 0.319 e. The fourth-order valence-electron chi connectivity index (χ4n) is 2.85. The summed E-state index contributed by atoms with van der Waals surface area (Å²) in [7, 11) is 0. The standard InChI is InChI=1S/C14H25NO12/c15-1-7(18)24-3-6-8(19)10(21)11(22)13(25-6)27-14(4-17)12(23)9(20)5(2-16)26-14/h5-6,8-13,16-17,19-23H,1-4,15H2/t5-,6-,8-,9-,10+,11-,12+,13-,14+/m1/s1. The average molecular weight is 399 g/mol. The molecule has 27 heavy (non-hydrogen) atoms. The molecular formula is C14H25NO12. The number of hydrogen-bond acceptors (Lipinski definition) is 13. The highest BCUT2D eigenvalue weighted by molar-refractivity contribution is 5.71. The summed E-state index contributed by atoms with van der Waals surface area (Å²) in [5, 5.41) is 68.7. The number of aliphatic hydroxyl groups is 7. The summed E-state index contributed by atoms with van der Waals surface area (Å²) < 4.78 is 20.5. The van der Waals surface area contributed by atoms with Crippen LogP contribution in [0.1, 0.15) is 0 Å². The first-order valence-electron chi connectivity index (χ1n) is 8.19. The van der Waals surface area contributed by atoms with Crippen LogP contribution in [0.3, 0.4) is 0 Å². The molecule has 0 radical (unpaired) electrons. The third-order valence-electron chi connectivity index (χ3n) is 4.47. The van der Waals surface area contributed by atoms with Gasteiger partial charge in [0.1, 0.15) is 55.9 Å². The minimum absolute atomic E-state index is 0.429. The molecule has 2 aliphatic rings. The fraction of sp³-hybridized carbons (Fsp3) is 0.929. The first-order chi connectivity index (χ1) is 12.7. The summed E-state index contributed by atoms with van der Waals surface area (Å²) in [4.78, 5) is 11.1. The van der Waals surface area contributed by atoms with Gasteiger partial charge in [-0.3, -0.25) is 4.79 Å². The Bertz CT molecular complexity index is 508. The van der Waals surface area contributed by atoms with Gasteiger partial charge >= 0.3 is 5.97 Å². The molecule has 9 atom stereocenters. The van der Waals surface area contributed by atoms with Crippen molar-refractivity contribution in [3.8, 4) is 0 Å². The lowest BCUT2D eigenvalue weighted by atomic mass is 9.99. The molecule has 2 rings (SSSR count). The normalized spacial score (nSPS) is 45.0. The van der Waals surface area contributed by atoms with Gasteiger partial charge in [-0.1, -0.05) is 0 Å². The third kappa shape index (κ3) is 4.38. The van der Waals surface area contributed by atoms with Crippen LogP contribution in [0.25, 0.3) is 0 Å². The lowest BCUT2D eigenvalue weighted by Gasteiger charge is -2.43. The SMILES string of the molecule is NCC(=O)OC[C@H]1O[C@H](O[C@]2(CO)O[C@H](CO)[C@@H](O)[C@@H]2O)[C@H](O)[C@@H](O)[C@@H]1O. The molecule has 0 aromatic carbocycles. The predicted octanol–water partition coefficient (Wildman–Crippen LogP) is -5.89. The van der Waals surface area contributed by atoms with Crippen molar-refractivity contribution in [1.29, 1.82) is 0 Å². The molecule has 0 aromatic heterocycles. The van der Waals surface area contributed by atoms with Crippen molar-refractivity contribution >= 4 is 5.97 Å². The molecule has 2 fully saturated rings. The van der Waals surface area contributed by atoms with Gasteiger partial charge in [-0.25, -0.2) is 0 Å². The van der Waals surface area contributed by atoms with E-state index >= 15 is 0 Å². The zero-order chi connectivity index (χ0) is 20.4. The highest BCUT2D eigenvalue weighted by Crippen LogP contribution is 2.35. The third-order valence-corrected chi connectivity index (χ3v) is 4.47. The van der Waals surface area contributed by atoms with Crippen LogP contribution in [-0.4, -0.2) is 123 Å². The van der Waals surface area contributed by atoms with E-state index in [1.54, 1.807) is 0 Å². The second-order valence-electron chi connectivity index (χ2n) is 6.26. The number of esters is 1. The van der Waals surface area contributed by atoms with Crippen LogP contribution in [0.5, 0.6) is 0 Å². The minimum Gasteiger partial charge on any atom is -0.462 e. The number of carbonyl (C=O) groups excluding carboxylic acids is 1. The van der Waals surface area contributed by atoms with Gasteiger partial charge in [0.05, 0.1) is 13.2 Å². The minimum atomic E-state index is -2.28. The van der Waals surface area contributed by atoms with Gasteiger partial charge in [-0.05, 0) is 0 Å². The van der Waals surface area contributed by atoms with E-state index in [9.17, 15) is 35.4 Å². The van der Waals surface area contributed by atoms with Gasteiger partial charge in [-0.2, -0.15) is 0 Å². The Morgan fingerprint density at radius 2 is 1.67 bits per heavy atom. The predicted molar refractivity (Wildman–Crippen MR) is 81.6 cm³/mol. The van der Waals surface area contributed by atoms with Gasteiger partial charge in [0.15, 0.2) is 6.29 Å². The van der Waals surface area contributed by atoms with E-state index in [0.717, 1.165) is 0 Å². The van der Waals surface area contributed by atoms with Gasteiger partial charge in [0.2, 0.25) is 5.79 Å². The van der Waals surface area contributed by atoms with E-state index in [-0.39, 0.29) is 0 Å². The number of ether oxygens (including phenoxy) is 4. The quantitative estimate of drug-likeness (QED) is 0.187. The number of rotatable bonds is 7. The maximum absolute atomic E-state index is 11.1. The van der Waals surface area contributed by atoms with Crippen LogP contribution >= 0.6 is 0 Å². The van der Waals surface area contributed by atoms with Crippen molar-refractivity contribution in [2.24, 2.45) is 5.73 Å². The number of hydrogen-bond donors (Lipinski definition) is 8. The largest absolute Gasteiger partial charge is 0.462 e. The summed E-state index contributed by atoms with van der Waals surface area (Å²) in [5.74, 6) is -3.09. The second-order valence-corrected chi connectivity index (χ2v) is 6.26. The second kappa shape index (κ2) is 9.02. The molecule has 2 saturated heterocycles. The molecule has 0 aromatic rings. The van der Waals surface area contributed by atoms with Crippen molar-refractivity contribution in [2.45, 2.75) is 54.8 Å². The Morgan fingerprint density at radius 3 is 2.19 bits per heavy atom. The molecule has 0 aliphatic carbocycles. The highest BCUT2D eigenvalue weighted by Gasteiger charge is 2.58. The molecule has 0 unspecified atom stereocenters. The topological polar surface area (TPSA) is 222 Å². The van der Waals surface area contributed by atoms with E-state index in [1.165, 1.54) is 0 Å². The van der Waals surface area contributed by atoms with Crippen molar-refractivity contribution in [2.75, 3.05) is 26.4 Å². The molecule has 2 aliphatic heterocycles. The molecule has 0 amide bonds. The molecule has 0 bridgehead atoms. The first kappa shape index (κ1) is 22.3. The van der Waals surface area contributed by atoms with E-state index < -0.39 is 87.1 Å². The van der Waals surface area contributed by atoms with Crippen molar-refractivity contribution in [3.05, 3.63) is 0 Å². The van der Waals surface area contributed by atoms with Crippen molar-refractivity contribution < 1.29 is 59.5 Å². The van der Waals surface area contributed by atoms with E-state index in [4.69, 9.17) is 29.8 Å². The Hall–Kier alpha value is -0.970. The van der Waals surface area contributed by atoms with Gasteiger partial charge in [0.25, 0.3) is 0 Å². The Morgan fingerprint density at radius 1 is 1.00 bits per heavy atom. The molecule has 9 N–H and O–H groups in total. The van der Waals surface area contributed by atoms with Crippen LogP contribution < -0.4 is 5.73 Å². The Labute approximate surface area is 153 Å². The molecule has 0 saturated carbocycles. The lowest BCUT2D eigenvalue weighted by molar-refractivity contribution is -0.383. The molecule has 0 spiro atoms. The van der Waals surface area contributed by atoms with Gasteiger partial charge in [-0.15, -0.1) is 0 Å². The van der Waals surface area contributed by atoms with Crippen LogP contribution in [0.4, 0.5) is 0 Å². The number of nitrogens with two attached hydrogens (primary N) is 1. The Balaban J connectivity index is 2.14. The zero-order valence-electron chi connectivity index (χ0n) is 14.2. The number of carbonyl (C=O) groups is 1. The van der Waals surface area contributed by atoms with Gasteiger partial charge in [0, 0.05) is 0 Å².